The van der Waals surface area contributed by atoms with Crippen molar-refractivity contribution in [2.45, 2.75) is 45.8 Å². The molecule has 0 aliphatic rings. The van der Waals surface area contributed by atoms with Crippen molar-refractivity contribution < 1.29 is 9.84 Å². The highest BCUT2D eigenvalue weighted by molar-refractivity contribution is 5.89. The molecule has 2 aromatic rings. The van der Waals surface area contributed by atoms with Crippen LogP contribution in [0.2, 0.25) is 0 Å². The summed E-state index contributed by atoms with van der Waals surface area (Å²) in [6, 6.07) is 12.3. The summed E-state index contributed by atoms with van der Waals surface area (Å²) in [5.74, 6) is 0.852. The van der Waals surface area contributed by atoms with Gasteiger partial charge >= 0.3 is 0 Å². The van der Waals surface area contributed by atoms with Crippen LogP contribution in [0.3, 0.4) is 0 Å². The minimum atomic E-state index is -0.920. The number of aryl methyl sites for hydroxylation is 1. The van der Waals surface area contributed by atoms with Gasteiger partial charge in [0.25, 0.3) is 0 Å². The zero-order valence-corrected chi connectivity index (χ0v) is 12.3. The number of hydrogen-bond donors (Lipinski definition) is 1. The van der Waals surface area contributed by atoms with Crippen molar-refractivity contribution in [2.75, 3.05) is 0 Å². The van der Waals surface area contributed by atoms with Gasteiger partial charge in [0.2, 0.25) is 0 Å². The molecule has 0 aliphatic carbocycles. The van der Waals surface area contributed by atoms with Crippen molar-refractivity contribution >= 4 is 19.2 Å². The van der Waals surface area contributed by atoms with E-state index in [9.17, 15) is 5.11 Å². The van der Waals surface area contributed by atoms with E-state index in [1.165, 1.54) is 0 Å². The van der Waals surface area contributed by atoms with E-state index in [1.54, 1.807) is 13.8 Å². The Hall–Kier alpha value is -1.48. The van der Waals surface area contributed by atoms with Crippen LogP contribution < -0.4 is 4.74 Å². The van der Waals surface area contributed by atoms with Crippen LogP contribution in [0.25, 0.3) is 10.8 Å². The molecule has 20 heavy (non-hydrogen) atoms. The Balaban J connectivity index is 0.00000200. The zero-order chi connectivity index (χ0) is 14.3. The average molecular weight is 272 g/mol. The van der Waals surface area contributed by atoms with Gasteiger partial charge in [0.15, 0.2) is 0 Å². The highest BCUT2D eigenvalue weighted by Gasteiger charge is 2.37. The SMILES string of the molecule is B.Cc1ccc2ccccc2c1OC(C)(C)C(C)(C)O. The van der Waals surface area contributed by atoms with Gasteiger partial charge in [-0.1, -0.05) is 36.4 Å². The Morgan fingerprint density at radius 3 is 2.15 bits per heavy atom. The molecule has 0 saturated carbocycles. The lowest BCUT2D eigenvalue weighted by molar-refractivity contribution is -0.0902. The van der Waals surface area contributed by atoms with Crippen LogP contribution >= 0.6 is 0 Å². The molecular weight excluding hydrogens is 247 g/mol. The Morgan fingerprint density at radius 1 is 0.950 bits per heavy atom. The van der Waals surface area contributed by atoms with Crippen LogP contribution in [0.1, 0.15) is 33.3 Å². The number of aliphatic hydroxyl groups is 1. The predicted molar refractivity (Wildman–Crippen MR) is 89.6 cm³/mol. The van der Waals surface area contributed by atoms with Crippen LogP contribution in [0.5, 0.6) is 5.75 Å². The fourth-order valence-electron chi connectivity index (χ4n) is 1.87. The van der Waals surface area contributed by atoms with Crippen molar-refractivity contribution in [3.63, 3.8) is 0 Å². The molecule has 3 heteroatoms. The van der Waals surface area contributed by atoms with Gasteiger partial charge in [0.05, 0.1) is 14.0 Å². The van der Waals surface area contributed by atoms with Gasteiger partial charge in [0, 0.05) is 5.39 Å². The van der Waals surface area contributed by atoms with E-state index in [-0.39, 0.29) is 8.41 Å². The molecule has 0 bridgehead atoms. The first-order valence-corrected chi connectivity index (χ1v) is 6.62. The normalized spacial score (nSPS) is 12.1. The molecule has 2 rings (SSSR count). The fourth-order valence-corrected chi connectivity index (χ4v) is 1.87. The van der Waals surface area contributed by atoms with Crippen LogP contribution in [-0.2, 0) is 0 Å². The van der Waals surface area contributed by atoms with Crippen molar-refractivity contribution in [2.24, 2.45) is 0 Å². The van der Waals surface area contributed by atoms with Gasteiger partial charge in [-0.25, -0.2) is 0 Å². The van der Waals surface area contributed by atoms with Crippen molar-refractivity contribution in [1.82, 2.24) is 0 Å². The quantitative estimate of drug-likeness (QED) is 0.870. The molecule has 1 N–H and O–H groups in total. The molecule has 0 aromatic heterocycles. The van der Waals surface area contributed by atoms with Crippen LogP contribution in [0, 0.1) is 6.92 Å². The summed E-state index contributed by atoms with van der Waals surface area (Å²) in [7, 11) is 0. The number of hydrogen-bond acceptors (Lipinski definition) is 2. The summed E-state index contributed by atoms with van der Waals surface area (Å²) in [6.07, 6.45) is 0. The van der Waals surface area contributed by atoms with E-state index in [4.69, 9.17) is 4.74 Å². The predicted octanol–water partition coefficient (Wildman–Crippen LogP) is 2.89. The van der Waals surface area contributed by atoms with Gasteiger partial charge < -0.3 is 9.84 Å². The molecule has 0 saturated heterocycles. The summed E-state index contributed by atoms with van der Waals surface area (Å²) in [4.78, 5) is 0. The zero-order valence-electron chi connectivity index (χ0n) is 12.3. The van der Waals surface area contributed by atoms with Crippen molar-refractivity contribution in [3.05, 3.63) is 42.0 Å². The van der Waals surface area contributed by atoms with Gasteiger partial charge in [-0.2, -0.15) is 0 Å². The van der Waals surface area contributed by atoms with Crippen molar-refractivity contribution in [1.29, 1.82) is 0 Å². The second kappa shape index (κ2) is 5.49. The number of rotatable bonds is 3. The molecule has 0 unspecified atom stereocenters. The second-order valence-electron chi connectivity index (χ2n) is 6.10. The molecule has 0 amide bonds. The number of fused-ring (bicyclic) bond motifs is 1. The monoisotopic (exact) mass is 272 g/mol. The van der Waals surface area contributed by atoms with Crippen LogP contribution in [-0.4, -0.2) is 24.7 Å². The van der Waals surface area contributed by atoms with Crippen LogP contribution in [0.15, 0.2) is 36.4 Å². The third-order valence-corrected chi connectivity index (χ3v) is 3.91. The topological polar surface area (TPSA) is 29.5 Å². The summed E-state index contributed by atoms with van der Waals surface area (Å²) in [5.41, 5.74) is -0.505. The van der Waals surface area contributed by atoms with Gasteiger partial charge in [-0.3, -0.25) is 0 Å². The van der Waals surface area contributed by atoms with E-state index in [2.05, 4.69) is 24.3 Å². The smallest absolute Gasteiger partial charge is 0.131 e. The Labute approximate surface area is 123 Å². The Kier molecular flexibility index (Phi) is 4.55. The minimum Gasteiger partial charge on any atom is -0.484 e. The number of benzene rings is 2. The molecule has 2 aromatic carbocycles. The maximum Gasteiger partial charge on any atom is 0.131 e. The van der Waals surface area contributed by atoms with E-state index < -0.39 is 11.2 Å². The van der Waals surface area contributed by atoms with E-state index in [0.717, 1.165) is 22.1 Å². The van der Waals surface area contributed by atoms with Gasteiger partial charge in [0.1, 0.15) is 11.4 Å². The van der Waals surface area contributed by atoms with E-state index in [1.807, 2.05) is 32.9 Å². The Bertz CT molecular complexity index is 597. The maximum absolute atomic E-state index is 10.2. The van der Waals surface area contributed by atoms with Gasteiger partial charge in [-0.15, -0.1) is 0 Å². The lowest BCUT2D eigenvalue weighted by Gasteiger charge is -2.38. The molecule has 0 fully saturated rings. The molecule has 0 aliphatic heterocycles. The first-order valence-electron chi connectivity index (χ1n) is 6.62. The first kappa shape index (κ1) is 16.6. The largest absolute Gasteiger partial charge is 0.484 e. The van der Waals surface area contributed by atoms with Crippen LogP contribution in [0.4, 0.5) is 0 Å². The molecule has 2 nitrogen and oxygen atoms in total. The maximum atomic E-state index is 10.2. The third kappa shape index (κ3) is 2.99. The minimum absolute atomic E-state index is 0. The van der Waals surface area contributed by atoms with Gasteiger partial charge in [-0.05, 0) is 45.6 Å². The molecule has 0 spiro atoms. The average Bonchev–Trinajstić information content (AvgIpc) is 2.31. The van der Waals surface area contributed by atoms with E-state index >= 15 is 0 Å². The lowest BCUT2D eigenvalue weighted by atomic mass is 9.89. The summed E-state index contributed by atoms with van der Waals surface area (Å²) in [6.45, 7) is 9.39. The van der Waals surface area contributed by atoms with Crippen molar-refractivity contribution in [3.8, 4) is 5.75 Å². The molecule has 108 valence electrons. The highest BCUT2D eigenvalue weighted by atomic mass is 16.5. The molecule has 0 heterocycles. The highest BCUT2D eigenvalue weighted by Crippen LogP contribution is 2.35. The molecule has 0 atom stereocenters. The standard InChI is InChI=1S/C17H22O2.BH3/c1-12-10-11-13-8-6-7-9-14(13)15(12)19-17(4,5)16(2,3)18;/h6-11,18H,1-5H3;1H3. The Morgan fingerprint density at radius 2 is 1.55 bits per heavy atom. The first-order chi connectivity index (χ1) is 8.72. The summed E-state index contributed by atoms with van der Waals surface area (Å²) < 4.78 is 6.16. The molecular formula is C17H25BO2. The number of ether oxygens (including phenoxy) is 1. The third-order valence-electron chi connectivity index (χ3n) is 3.91. The fraction of sp³-hybridized carbons (Fsp3) is 0.412. The summed E-state index contributed by atoms with van der Waals surface area (Å²) in [5, 5.41) is 12.5. The second-order valence-corrected chi connectivity index (χ2v) is 6.10. The lowest BCUT2D eigenvalue weighted by Crippen LogP contribution is -2.49. The summed E-state index contributed by atoms with van der Waals surface area (Å²) >= 11 is 0. The molecule has 0 radical (unpaired) electrons. The van der Waals surface area contributed by atoms with E-state index in [0.29, 0.717) is 0 Å².